The van der Waals surface area contributed by atoms with Crippen LogP contribution in [0.5, 0.6) is 5.75 Å². The highest BCUT2D eigenvalue weighted by Crippen LogP contribution is 2.33. The van der Waals surface area contributed by atoms with Crippen molar-refractivity contribution in [3.8, 4) is 5.75 Å². The fraction of sp³-hybridized carbons (Fsp3) is 0.280. The van der Waals surface area contributed by atoms with Gasteiger partial charge in [0, 0.05) is 19.3 Å². The molecule has 3 heterocycles. The van der Waals surface area contributed by atoms with Gasteiger partial charge in [0.15, 0.2) is 0 Å². The quantitative estimate of drug-likeness (QED) is 0.362. The van der Waals surface area contributed by atoms with E-state index in [0.717, 1.165) is 29.7 Å². The molecule has 0 aliphatic carbocycles. The number of thiocarbonyl (C=S) groups is 1. The van der Waals surface area contributed by atoms with E-state index in [1.807, 2.05) is 43.3 Å². The Balaban J connectivity index is 1.74. The number of rotatable bonds is 8. The molecule has 1 aliphatic heterocycles. The molecule has 9 heteroatoms. The fourth-order valence-electron chi connectivity index (χ4n) is 3.65. The number of amides is 1. The van der Waals surface area contributed by atoms with E-state index in [4.69, 9.17) is 21.9 Å². The lowest BCUT2D eigenvalue weighted by Crippen LogP contribution is -2.29. The summed E-state index contributed by atoms with van der Waals surface area (Å²) in [6.45, 7) is 5.01. The van der Waals surface area contributed by atoms with Crippen molar-refractivity contribution in [3.05, 3.63) is 74.5 Å². The lowest BCUT2D eigenvalue weighted by atomic mass is 10.2. The van der Waals surface area contributed by atoms with Crippen molar-refractivity contribution < 1.29 is 9.53 Å². The van der Waals surface area contributed by atoms with Gasteiger partial charge in [0.05, 0.1) is 17.6 Å². The first kappa shape index (κ1) is 24.0. The molecule has 1 aromatic carbocycles. The topological polar surface area (TPSA) is 75.9 Å². The van der Waals surface area contributed by atoms with Crippen LogP contribution < -0.4 is 15.6 Å². The minimum Gasteiger partial charge on any atom is -0.497 e. The van der Waals surface area contributed by atoms with E-state index in [-0.39, 0.29) is 11.5 Å². The molecule has 3 aromatic rings. The molecule has 1 amide bonds. The van der Waals surface area contributed by atoms with E-state index in [9.17, 15) is 9.59 Å². The van der Waals surface area contributed by atoms with Gasteiger partial charge in [-0.25, -0.2) is 4.98 Å². The number of anilines is 1. The van der Waals surface area contributed by atoms with Gasteiger partial charge in [-0.3, -0.25) is 18.9 Å². The lowest BCUT2D eigenvalue weighted by Gasteiger charge is -2.13. The predicted octanol–water partition coefficient (Wildman–Crippen LogP) is 4.62. The second-order valence-electron chi connectivity index (χ2n) is 7.95. The van der Waals surface area contributed by atoms with Crippen LogP contribution in [0.25, 0.3) is 11.7 Å². The summed E-state index contributed by atoms with van der Waals surface area (Å²) < 4.78 is 7.25. The maximum absolute atomic E-state index is 13.5. The molecule has 0 radical (unpaired) electrons. The number of unbranched alkanes of at least 4 members (excludes halogenated alkanes) is 1. The molecule has 0 spiro atoms. The van der Waals surface area contributed by atoms with Crippen molar-refractivity contribution in [3.63, 3.8) is 0 Å². The summed E-state index contributed by atoms with van der Waals surface area (Å²) in [4.78, 5) is 33.3. The number of methoxy groups -OCH3 is 1. The molecule has 1 aliphatic rings. The highest BCUT2D eigenvalue weighted by molar-refractivity contribution is 8.26. The van der Waals surface area contributed by atoms with Gasteiger partial charge in [-0.2, -0.15) is 0 Å². The van der Waals surface area contributed by atoms with Crippen LogP contribution in [0.15, 0.2) is 52.3 Å². The molecular formula is C25H26N4O3S2. The number of benzene rings is 1. The first-order valence-corrected chi connectivity index (χ1v) is 12.3. The van der Waals surface area contributed by atoms with Gasteiger partial charge in [-0.1, -0.05) is 55.5 Å². The number of nitrogens with one attached hydrogen (secondary N) is 1. The van der Waals surface area contributed by atoms with Crippen LogP contribution in [0, 0.1) is 6.92 Å². The molecule has 0 saturated carbocycles. The maximum atomic E-state index is 13.5. The van der Waals surface area contributed by atoms with Gasteiger partial charge in [0.2, 0.25) is 0 Å². The number of hydrogen-bond acceptors (Lipinski definition) is 7. The van der Waals surface area contributed by atoms with Gasteiger partial charge in [0.1, 0.15) is 21.5 Å². The highest BCUT2D eigenvalue weighted by atomic mass is 32.2. The van der Waals surface area contributed by atoms with Crippen molar-refractivity contribution in [1.82, 2.24) is 14.3 Å². The van der Waals surface area contributed by atoms with Gasteiger partial charge < -0.3 is 10.1 Å². The Labute approximate surface area is 207 Å². The minimum absolute atomic E-state index is 0.168. The van der Waals surface area contributed by atoms with Gasteiger partial charge in [-0.05, 0) is 48.7 Å². The summed E-state index contributed by atoms with van der Waals surface area (Å²) in [5.74, 6) is 1.03. The zero-order valence-corrected chi connectivity index (χ0v) is 21.0. The summed E-state index contributed by atoms with van der Waals surface area (Å²) in [5.41, 5.74) is 2.53. The number of pyridine rings is 1. The van der Waals surface area contributed by atoms with Crippen LogP contribution in [0.3, 0.4) is 0 Å². The molecule has 1 N–H and O–H groups in total. The van der Waals surface area contributed by atoms with E-state index in [0.29, 0.717) is 39.3 Å². The summed E-state index contributed by atoms with van der Waals surface area (Å²) >= 11 is 6.64. The van der Waals surface area contributed by atoms with Crippen molar-refractivity contribution in [2.24, 2.45) is 0 Å². The molecule has 34 heavy (non-hydrogen) atoms. The van der Waals surface area contributed by atoms with E-state index >= 15 is 0 Å². The zero-order chi connectivity index (χ0) is 24.2. The van der Waals surface area contributed by atoms with Crippen LogP contribution in [0.4, 0.5) is 5.82 Å². The highest BCUT2D eigenvalue weighted by Gasteiger charge is 2.32. The van der Waals surface area contributed by atoms with Gasteiger partial charge >= 0.3 is 0 Å². The third kappa shape index (κ3) is 4.85. The van der Waals surface area contributed by atoms with E-state index in [2.05, 4.69) is 12.2 Å². The number of carbonyl (C=O) groups excluding carboxylic acids is 1. The van der Waals surface area contributed by atoms with E-state index in [1.54, 1.807) is 24.3 Å². The molecule has 0 atom stereocenters. The maximum Gasteiger partial charge on any atom is 0.267 e. The van der Waals surface area contributed by atoms with Crippen molar-refractivity contribution >= 4 is 51.7 Å². The van der Waals surface area contributed by atoms with Crippen molar-refractivity contribution in [1.29, 1.82) is 0 Å². The van der Waals surface area contributed by atoms with Gasteiger partial charge in [0.25, 0.3) is 11.5 Å². The third-order valence-electron chi connectivity index (χ3n) is 5.59. The summed E-state index contributed by atoms with van der Waals surface area (Å²) in [6.07, 6.45) is 5.14. The number of aromatic nitrogens is 2. The molecule has 176 valence electrons. The summed E-state index contributed by atoms with van der Waals surface area (Å²) in [5, 5.41) is 3.30. The number of aryl methyl sites for hydroxylation is 1. The normalized spacial score (nSPS) is 14.9. The Bertz CT molecular complexity index is 1330. The Hall–Kier alpha value is -3.17. The molecule has 1 saturated heterocycles. The Morgan fingerprint density at radius 1 is 1.21 bits per heavy atom. The zero-order valence-electron chi connectivity index (χ0n) is 19.3. The van der Waals surface area contributed by atoms with Crippen LogP contribution in [0.2, 0.25) is 0 Å². The molecule has 4 rings (SSSR count). The summed E-state index contributed by atoms with van der Waals surface area (Å²) in [6, 6.07) is 11.4. The summed E-state index contributed by atoms with van der Waals surface area (Å²) in [7, 11) is 1.62. The standard InChI is InChI=1S/C25H26N4O3S2/c1-4-5-12-29-24(31)20(34-25(29)33)14-19-21(26-15-17-8-10-18(32-3)11-9-17)27-22-16(2)7-6-13-28(22)23(19)30/h6-11,13-14,26H,4-5,12,15H2,1-3H3. The second kappa shape index (κ2) is 10.4. The molecule has 2 aromatic heterocycles. The van der Waals surface area contributed by atoms with E-state index in [1.165, 1.54) is 16.2 Å². The SMILES string of the molecule is CCCCN1C(=O)C(=Cc2c(NCc3ccc(OC)cc3)nc3c(C)cccn3c2=O)SC1=S. The average molecular weight is 495 g/mol. The largest absolute Gasteiger partial charge is 0.497 e. The molecule has 1 fully saturated rings. The third-order valence-corrected chi connectivity index (χ3v) is 6.97. The smallest absolute Gasteiger partial charge is 0.267 e. The van der Waals surface area contributed by atoms with Crippen LogP contribution >= 0.6 is 24.0 Å². The second-order valence-corrected chi connectivity index (χ2v) is 9.63. The van der Waals surface area contributed by atoms with Gasteiger partial charge in [-0.15, -0.1) is 0 Å². The number of hydrogen-bond donors (Lipinski definition) is 1. The Morgan fingerprint density at radius 3 is 2.68 bits per heavy atom. The van der Waals surface area contributed by atoms with Crippen LogP contribution in [0.1, 0.15) is 36.5 Å². The number of thioether (sulfide) groups is 1. The monoisotopic (exact) mass is 494 g/mol. The molecular weight excluding hydrogens is 468 g/mol. The average Bonchev–Trinajstić information content (AvgIpc) is 3.11. The fourth-order valence-corrected chi connectivity index (χ4v) is 4.94. The Kier molecular flexibility index (Phi) is 7.33. The molecule has 7 nitrogen and oxygen atoms in total. The molecule has 0 unspecified atom stereocenters. The first-order chi connectivity index (χ1) is 16.4. The number of ether oxygens (including phenoxy) is 1. The first-order valence-electron chi connectivity index (χ1n) is 11.1. The van der Waals surface area contributed by atoms with Crippen molar-refractivity contribution in [2.45, 2.75) is 33.2 Å². The number of nitrogens with zero attached hydrogens (tertiary/aromatic N) is 3. The van der Waals surface area contributed by atoms with Crippen LogP contribution in [-0.2, 0) is 11.3 Å². The van der Waals surface area contributed by atoms with Crippen LogP contribution in [-0.4, -0.2) is 38.2 Å². The van der Waals surface area contributed by atoms with Crippen molar-refractivity contribution in [2.75, 3.05) is 19.0 Å². The predicted molar refractivity (Wildman–Crippen MR) is 141 cm³/mol. The van der Waals surface area contributed by atoms with E-state index < -0.39 is 0 Å². The number of fused-ring (bicyclic) bond motifs is 1. The number of carbonyl (C=O) groups is 1. The lowest BCUT2D eigenvalue weighted by molar-refractivity contribution is -0.122. The Morgan fingerprint density at radius 2 is 1.97 bits per heavy atom. The molecule has 0 bridgehead atoms. The minimum atomic E-state index is -0.246.